The van der Waals surface area contributed by atoms with Crippen molar-refractivity contribution in [2.24, 2.45) is 0 Å². The Bertz CT molecular complexity index is 493. The van der Waals surface area contributed by atoms with E-state index in [0.29, 0.717) is 36.9 Å². The Morgan fingerprint density at radius 2 is 2.32 bits per heavy atom. The van der Waals surface area contributed by atoms with E-state index < -0.39 is 10.8 Å². The van der Waals surface area contributed by atoms with Crippen molar-refractivity contribution in [3.8, 4) is 0 Å². The van der Waals surface area contributed by atoms with Crippen LogP contribution in [-0.4, -0.2) is 45.8 Å². The van der Waals surface area contributed by atoms with Crippen molar-refractivity contribution in [3.05, 3.63) is 21.6 Å². The van der Waals surface area contributed by atoms with Gasteiger partial charge in [-0.3, -0.25) is 9.00 Å². The molecule has 0 fully saturated rings. The summed E-state index contributed by atoms with van der Waals surface area (Å²) in [6, 6.07) is 0. The third-order valence-electron chi connectivity index (χ3n) is 2.46. The van der Waals surface area contributed by atoms with Crippen LogP contribution in [0.3, 0.4) is 0 Å². The Hall–Kier alpha value is -0.920. The molecule has 1 aromatic heterocycles. The van der Waals surface area contributed by atoms with Gasteiger partial charge in [-0.2, -0.15) is 5.10 Å². The minimum atomic E-state index is -0.847. The standard InChI is InChI=1S/C11H18ClN3O3S/c1-3-19(17)7-4-13-9-8-14-15(5-6-18-2)11(16)10(9)12/h8,13H,3-7H2,1-2H3. The second-order valence-electron chi connectivity index (χ2n) is 3.75. The number of methoxy groups -OCH3 is 1. The highest BCUT2D eigenvalue weighted by Crippen LogP contribution is 2.14. The van der Waals surface area contributed by atoms with E-state index in [2.05, 4.69) is 10.4 Å². The van der Waals surface area contributed by atoms with Crippen LogP contribution in [0.4, 0.5) is 5.69 Å². The van der Waals surface area contributed by atoms with Crippen LogP contribution in [0.25, 0.3) is 0 Å². The molecule has 0 amide bonds. The molecule has 0 aliphatic heterocycles. The van der Waals surface area contributed by atoms with Gasteiger partial charge in [0.25, 0.3) is 5.56 Å². The summed E-state index contributed by atoms with van der Waals surface area (Å²) >= 11 is 5.97. The lowest BCUT2D eigenvalue weighted by Crippen LogP contribution is -2.26. The Morgan fingerprint density at radius 1 is 1.58 bits per heavy atom. The molecule has 1 N–H and O–H groups in total. The first-order valence-corrected chi connectivity index (χ1v) is 7.80. The largest absolute Gasteiger partial charge is 0.383 e. The summed E-state index contributed by atoms with van der Waals surface area (Å²) in [5.41, 5.74) is 0.105. The summed E-state index contributed by atoms with van der Waals surface area (Å²) in [5, 5.41) is 7.06. The lowest BCUT2D eigenvalue weighted by molar-refractivity contribution is 0.182. The van der Waals surface area contributed by atoms with Crippen molar-refractivity contribution in [3.63, 3.8) is 0 Å². The fourth-order valence-electron chi connectivity index (χ4n) is 1.37. The van der Waals surface area contributed by atoms with Crippen molar-refractivity contribution < 1.29 is 8.95 Å². The molecule has 0 aliphatic rings. The highest BCUT2D eigenvalue weighted by atomic mass is 35.5. The quantitative estimate of drug-likeness (QED) is 0.766. The van der Waals surface area contributed by atoms with Crippen molar-refractivity contribution in [1.82, 2.24) is 9.78 Å². The monoisotopic (exact) mass is 307 g/mol. The van der Waals surface area contributed by atoms with E-state index in [1.807, 2.05) is 6.92 Å². The fraction of sp³-hybridized carbons (Fsp3) is 0.636. The normalized spacial score (nSPS) is 12.4. The number of hydrogen-bond donors (Lipinski definition) is 1. The Balaban J connectivity index is 2.68. The predicted octanol–water partition coefficient (Wildman–Crippen LogP) is 0.724. The molecule has 19 heavy (non-hydrogen) atoms. The zero-order valence-electron chi connectivity index (χ0n) is 11.0. The smallest absolute Gasteiger partial charge is 0.287 e. The number of ether oxygens (including phenoxy) is 1. The van der Waals surface area contributed by atoms with E-state index in [-0.39, 0.29) is 10.6 Å². The average molecular weight is 308 g/mol. The summed E-state index contributed by atoms with van der Waals surface area (Å²) < 4.78 is 17.4. The molecule has 0 saturated carbocycles. The fourth-order valence-corrected chi connectivity index (χ4v) is 2.20. The number of hydrogen-bond acceptors (Lipinski definition) is 5. The van der Waals surface area contributed by atoms with Gasteiger partial charge in [0, 0.05) is 36.0 Å². The number of nitrogens with one attached hydrogen (secondary N) is 1. The average Bonchev–Trinajstić information content (AvgIpc) is 2.42. The van der Waals surface area contributed by atoms with Gasteiger partial charge in [-0.1, -0.05) is 18.5 Å². The van der Waals surface area contributed by atoms with Crippen molar-refractivity contribution in [2.75, 3.05) is 37.1 Å². The van der Waals surface area contributed by atoms with Crippen LogP contribution in [0.5, 0.6) is 0 Å². The predicted molar refractivity (Wildman–Crippen MR) is 77.4 cm³/mol. The molecule has 1 unspecified atom stereocenters. The summed E-state index contributed by atoms with van der Waals surface area (Å²) in [6.45, 7) is 3.10. The molecular weight excluding hydrogens is 290 g/mol. The molecule has 1 rings (SSSR count). The van der Waals surface area contributed by atoms with Crippen molar-refractivity contribution in [1.29, 1.82) is 0 Å². The van der Waals surface area contributed by atoms with E-state index in [4.69, 9.17) is 16.3 Å². The zero-order chi connectivity index (χ0) is 14.3. The van der Waals surface area contributed by atoms with Crippen molar-refractivity contribution >= 4 is 28.1 Å². The molecule has 0 spiro atoms. The highest BCUT2D eigenvalue weighted by Gasteiger charge is 2.09. The minimum absolute atomic E-state index is 0.0911. The Morgan fingerprint density at radius 3 is 2.95 bits per heavy atom. The molecule has 1 aromatic rings. The number of nitrogens with zero attached hydrogens (tertiary/aromatic N) is 2. The summed E-state index contributed by atoms with van der Waals surface area (Å²) in [6.07, 6.45) is 1.49. The number of rotatable bonds is 8. The lowest BCUT2D eigenvalue weighted by atomic mass is 10.4. The van der Waals surface area contributed by atoms with E-state index in [1.165, 1.54) is 10.9 Å². The molecule has 0 saturated heterocycles. The first-order valence-electron chi connectivity index (χ1n) is 5.93. The highest BCUT2D eigenvalue weighted by molar-refractivity contribution is 7.84. The molecule has 0 aromatic carbocycles. The van der Waals surface area contributed by atoms with E-state index in [9.17, 15) is 9.00 Å². The van der Waals surface area contributed by atoms with Gasteiger partial charge in [0.05, 0.1) is 25.0 Å². The molecule has 8 heteroatoms. The first-order chi connectivity index (χ1) is 9.10. The van der Waals surface area contributed by atoms with Gasteiger partial charge in [0.1, 0.15) is 5.02 Å². The third kappa shape index (κ3) is 4.93. The van der Waals surface area contributed by atoms with Gasteiger partial charge in [-0.05, 0) is 0 Å². The number of aromatic nitrogens is 2. The number of anilines is 1. The molecule has 1 heterocycles. The van der Waals surface area contributed by atoms with Gasteiger partial charge < -0.3 is 10.1 Å². The topological polar surface area (TPSA) is 73.2 Å². The second-order valence-corrected chi connectivity index (χ2v) is 6.00. The van der Waals surface area contributed by atoms with Crippen LogP contribution in [-0.2, 0) is 22.1 Å². The molecule has 6 nitrogen and oxygen atoms in total. The number of halogens is 1. The molecule has 1 atom stereocenters. The van der Waals surface area contributed by atoms with Gasteiger partial charge in [-0.25, -0.2) is 4.68 Å². The molecular formula is C11H18ClN3O3S. The van der Waals surface area contributed by atoms with Crippen LogP contribution in [0.1, 0.15) is 6.92 Å². The Kier molecular flexibility index (Phi) is 7.04. The molecule has 0 aliphatic carbocycles. The van der Waals surface area contributed by atoms with E-state index in [1.54, 1.807) is 7.11 Å². The Labute approximate surface area is 119 Å². The third-order valence-corrected chi connectivity index (χ3v) is 4.13. The van der Waals surface area contributed by atoms with E-state index >= 15 is 0 Å². The molecule has 0 radical (unpaired) electrons. The van der Waals surface area contributed by atoms with E-state index in [0.717, 1.165) is 0 Å². The van der Waals surface area contributed by atoms with Crippen LogP contribution < -0.4 is 10.9 Å². The van der Waals surface area contributed by atoms with Crippen LogP contribution in [0.2, 0.25) is 5.02 Å². The van der Waals surface area contributed by atoms with Crippen molar-refractivity contribution in [2.45, 2.75) is 13.5 Å². The second kappa shape index (κ2) is 8.29. The zero-order valence-corrected chi connectivity index (χ0v) is 12.6. The van der Waals surface area contributed by atoms with Gasteiger partial charge in [0.2, 0.25) is 0 Å². The van der Waals surface area contributed by atoms with Gasteiger partial charge in [0.15, 0.2) is 0 Å². The van der Waals surface area contributed by atoms with Crippen LogP contribution in [0.15, 0.2) is 11.0 Å². The van der Waals surface area contributed by atoms with Crippen LogP contribution in [0, 0.1) is 0 Å². The summed E-state index contributed by atoms with van der Waals surface area (Å²) in [7, 11) is 0.705. The van der Waals surface area contributed by atoms with Gasteiger partial charge in [-0.15, -0.1) is 0 Å². The molecule has 108 valence electrons. The summed E-state index contributed by atoms with van der Waals surface area (Å²) in [5.74, 6) is 1.13. The maximum Gasteiger partial charge on any atom is 0.287 e. The first kappa shape index (κ1) is 16.1. The maximum atomic E-state index is 11.9. The van der Waals surface area contributed by atoms with Gasteiger partial charge >= 0.3 is 0 Å². The SMILES string of the molecule is CCS(=O)CCNc1cnn(CCOC)c(=O)c1Cl. The van der Waals surface area contributed by atoms with Crippen LogP contribution >= 0.6 is 11.6 Å². The summed E-state index contributed by atoms with van der Waals surface area (Å²) in [4.78, 5) is 11.9. The lowest BCUT2D eigenvalue weighted by Gasteiger charge is -2.09. The maximum absolute atomic E-state index is 11.9. The minimum Gasteiger partial charge on any atom is -0.383 e. The molecule has 0 bridgehead atoms.